The van der Waals surface area contributed by atoms with Gasteiger partial charge in [0.1, 0.15) is 6.04 Å². The van der Waals surface area contributed by atoms with E-state index in [1.807, 2.05) is 0 Å². The van der Waals surface area contributed by atoms with E-state index in [9.17, 15) is 4.91 Å². The summed E-state index contributed by atoms with van der Waals surface area (Å²) in [6.45, 7) is 0.500. The molecule has 0 bridgehead atoms. The maximum atomic E-state index is 9.56. The zero-order chi connectivity index (χ0) is 5.70. The number of nitroso groups, excluding NO2 is 1. The van der Waals surface area contributed by atoms with Gasteiger partial charge in [-0.2, -0.15) is 4.91 Å². The van der Waals surface area contributed by atoms with Gasteiger partial charge in [0.2, 0.25) is 0 Å². The number of nitrogens with two attached hydrogens (primary N) is 2. The van der Waals surface area contributed by atoms with E-state index >= 15 is 0 Å². The van der Waals surface area contributed by atoms with Crippen LogP contribution in [0.3, 0.4) is 0 Å². The summed E-state index contributed by atoms with van der Waals surface area (Å²) in [6, 6.07) is -0.389. The Hall–Kier alpha value is -0.480. The first-order valence-corrected chi connectivity index (χ1v) is 2.07. The van der Waals surface area contributed by atoms with Gasteiger partial charge in [0.05, 0.1) is 0 Å². The third kappa shape index (κ3) is 2.24. The molecule has 0 aromatic rings. The summed E-state index contributed by atoms with van der Waals surface area (Å²) in [5.74, 6) is 0. The van der Waals surface area contributed by atoms with Gasteiger partial charge < -0.3 is 11.5 Å². The van der Waals surface area contributed by atoms with E-state index in [-0.39, 0.29) is 19.1 Å². The highest BCUT2D eigenvalue weighted by atomic mass is 16.3. The van der Waals surface area contributed by atoms with Crippen LogP contribution in [-0.2, 0) is 0 Å². The topological polar surface area (TPSA) is 81.5 Å². The first kappa shape index (κ1) is 6.52. The lowest BCUT2D eigenvalue weighted by Gasteiger charge is -1.96. The van der Waals surface area contributed by atoms with Crippen molar-refractivity contribution in [2.24, 2.45) is 16.6 Å². The van der Waals surface area contributed by atoms with E-state index in [1.165, 1.54) is 0 Å². The van der Waals surface area contributed by atoms with Crippen molar-refractivity contribution in [2.45, 2.75) is 6.04 Å². The minimum Gasteiger partial charge on any atom is -0.328 e. The minimum atomic E-state index is -0.389. The van der Waals surface area contributed by atoms with E-state index in [4.69, 9.17) is 11.5 Å². The number of nitrogens with zero attached hydrogens (tertiary/aromatic N) is 1. The van der Waals surface area contributed by atoms with Crippen molar-refractivity contribution in [3.05, 3.63) is 4.91 Å². The van der Waals surface area contributed by atoms with Gasteiger partial charge in [0, 0.05) is 13.1 Å². The zero-order valence-electron chi connectivity index (χ0n) is 4.00. The number of hydrogen-bond donors (Lipinski definition) is 2. The van der Waals surface area contributed by atoms with Gasteiger partial charge in [0.15, 0.2) is 0 Å². The Labute approximate surface area is 41.8 Å². The average Bonchev–Trinajstić information content (AvgIpc) is 1.72. The number of hydrogen-bond acceptors (Lipinski definition) is 4. The van der Waals surface area contributed by atoms with Gasteiger partial charge in [0.25, 0.3) is 0 Å². The predicted molar refractivity (Wildman–Crippen MR) is 27.7 cm³/mol. The molecule has 0 spiro atoms. The highest BCUT2D eigenvalue weighted by Gasteiger charge is 1.98. The Bertz CT molecular complexity index is 52.1. The summed E-state index contributed by atoms with van der Waals surface area (Å²) in [5, 5.41) is 2.62. The summed E-state index contributed by atoms with van der Waals surface area (Å²) in [6.07, 6.45) is 0. The molecule has 0 heterocycles. The second-order valence-corrected chi connectivity index (χ2v) is 1.23. The lowest BCUT2D eigenvalue weighted by atomic mass is 10.3. The van der Waals surface area contributed by atoms with Crippen molar-refractivity contribution in [3.63, 3.8) is 0 Å². The van der Waals surface area contributed by atoms with E-state index in [0.717, 1.165) is 0 Å². The van der Waals surface area contributed by atoms with Crippen molar-refractivity contribution in [2.75, 3.05) is 13.1 Å². The summed E-state index contributed by atoms with van der Waals surface area (Å²) < 4.78 is 0. The van der Waals surface area contributed by atoms with Crippen molar-refractivity contribution < 1.29 is 0 Å². The molecule has 4 heteroatoms. The fourth-order valence-electron chi connectivity index (χ4n) is 0.182. The van der Waals surface area contributed by atoms with Crippen LogP contribution in [0.25, 0.3) is 0 Å². The molecule has 0 fully saturated rings. The first-order chi connectivity index (χ1) is 3.35. The fraction of sp³-hybridized carbons (Fsp3) is 1.00. The molecule has 4 nitrogen and oxygen atoms in total. The van der Waals surface area contributed by atoms with Crippen LogP contribution in [0, 0.1) is 4.91 Å². The molecular weight excluding hydrogens is 94.1 g/mol. The van der Waals surface area contributed by atoms with Crippen LogP contribution in [0.2, 0.25) is 0 Å². The maximum absolute atomic E-state index is 9.56. The van der Waals surface area contributed by atoms with Crippen molar-refractivity contribution in [1.29, 1.82) is 0 Å². The second-order valence-electron chi connectivity index (χ2n) is 1.23. The van der Waals surface area contributed by atoms with Crippen LogP contribution in [0.4, 0.5) is 0 Å². The van der Waals surface area contributed by atoms with Gasteiger partial charge in [-0.1, -0.05) is 5.18 Å². The predicted octanol–water partition coefficient (Wildman–Crippen LogP) is -0.961. The van der Waals surface area contributed by atoms with Crippen LogP contribution >= 0.6 is 0 Å². The molecule has 0 aliphatic heterocycles. The molecule has 0 radical (unpaired) electrons. The van der Waals surface area contributed by atoms with Crippen LogP contribution in [0.1, 0.15) is 0 Å². The Balaban J connectivity index is 3.16. The van der Waals surface area contributed by atoms with Crippen LogP contribution in [-0.4, -0.2) is 19.1 Å². The molecule has 4 N–H and O–H groups in total. The molecule has 42 valence electrons. The quantitative estimate of drug-likeness (QED) is 0.451. The third-order valence-corrected chi connectivity index (χ3v) is 0.693. The normalized spacial score (nSPS) is 9.57. The van der Waals surface area contributed by atoms with Crippen molar-refractivity contribution >= 4 is 0 Å². The summed E-state index contributed by atoms with van der Waals surface area (Å²) >= 11 is 0. The molecule has 0 amide bonds. The molecule has 0 aliphatic carbocycles. The Kier molecular flexibility index (Phi) is 3.45. The molecule has 0 saturated carbocycles. The molecule has 0 aliphatic rings. The highest BCUT2D eigenvalue weighted by molar-refractivity contribution is 4.64. The third-order valence-electron chi connectivity index (χ3n) is 0.693. The molecule has 7 heavy (non-hydrogen) atoms. The summed E-state index contributed by atoms with van der Waals surface area (Å²) in [7, 11) is 0. The van der Waals surface area contributed by atoms with Gasteiger partial charge in [-0.15, -0.1) is 0 Å². The zero-order valence-corrected chi connectivity index (χ0v) is 4.00. The van der Waals surface area contributed by atoms with E-state index in [0.29, 0.717) is 0 Å². The maximum Gasteiger partial charge on any atom is 0.116 e. The van der Waals surface area contributed by atoms with E-state index < -0.39 is 0 Å². The first-order valence-electron chi connectivity index (χ1n) is 2.07. The fourth-order valence-corrected chi connectivity index (χ4v) is 0.182. The Morgan fingerprint density at radius 1 is 1.43 bits per heavy atom. The van der Waals surface area contributed by atoms with Crippen molar-refractivity contribution in [1.82, 2.24) is 0 Å². The van der Waals surface area contributed by atoms with Crippen molar-refractivity contribution in [3.8, 4) is 0 Å². The van der Waals surface area contributed by atoms with Gasteiger partial charge in [-0.05, 0) is 0 Å². The minimum absolute atomic E-state index is 0.250. The van der Waals surface area contributed by atoms with E-state index in [1.54, 1.807) is 0 Å². The molecule has 0 aromatic heterocycles. The Morgan fingerprint density at radius 3 is 1.86 bits per heavy atom. The summed E-state index contributed by atoms with van der Waals surface area (Å²) in [5.41, 5.74) is 10.0. The largest absolute Gasteiger partial charge is 0.328 e. The van der Waals surface area contributed by atoms with E-state index in [2.05, 4.69) is 5.18 Å². The van der Waals surface area contributed by atoms with Crippen LogP contribution < -0.4 is 11.5 Å². The molecule has 0 unspecified atom stereocenters. The standard InChI is InChI=1S/C3H9N3O/c4-1-3(2-5)6-7/h3H,1-2,4-5H2. The lowest BCUT2D eigenvalue weighted by molar-refractivity contribution is 0.689. The average molecular weight is 103 g/mol. The highest BCUT2D eigenvalue weighted by Crippen LogP contribution is 1.79. The SMILES string of the molecule is NCC(CN)N=O. The van der Waals surface area contributed by atoms with Crippen LogP contribution in [0.5, 0.6) is 0 Å². The van der Waals surface area contributed by atoms with Crippen LogP contribution in [0.15, 0.2) is 5.18 Å². The molecule has 0 rings (SSSR count). The summed E-state index contributed by atoms with van der Waals surface area (Å²) in [4.78, 5) is 9.56. The number of rotatable bonds is 3. The molecule has 0 atom stereocenters. The second kappa shape index (κ2) is 3.70. The lowest BCUT2D eigenvalue weighted by Crippen LogP contribution is -2.26. The van der Waals surface area contributed by atoms with Gasteiger partial charge in [-0.3, -0.25) is 0 Å². The van der Waals surface area contributed by atoms with Gasteiger partial charge in [-0.25, -0.2) is 0 Å². The smallest absolute Gasteiger partial charge is 0.116 e. The monoisotopic (exact) mass is 103 g/mol. The Morgan fingerprint density at radius 2 is 1.86 bits per heavy atom. The van der Waals surface area contributed by atoms with Gasteiger partial charge >= 0.3 is 0 Å². The molecule has 0 saturated heterocycles. The molecular formula is C3H9N3O. The molecule has 0 aromatic carbocycles.